The van der Waals surface area contributed by atoms with E-state index in [1.54, 1.807) is 6.07 Å². The van der Waals surface area contributed by atoms with Gasteiger partial charge in [-0.25, -0.2) is 4.39 Å². The van der Waals surface area contributed by atoms with Crippen LogP contribution in [0.5, 0.6) is 0 Å². The van der Waals surface area contributed by atoms with Crippen molar-refractivity contribution in [1.82, 2.24) is 10.1 Å². The Bertz CT molecular complexity index is 816. The first-order valence-corrected chi connectivity index (χ1v) is 6.58. The summed E-state index contributed by atoms with van der Waals surface area (Å²) in [6.45, 7) is 1.90. The zero-order valence-corrected chi connectivity index (χ0v) is 11.9. The van der Waals surface area contributed by atoms with Crippen molar-refractivity contribution in [2.24, 2.45) is 0 Å². The van der Waals surface area contributed by atoms with Gasteiger partial charge in [0.05, 0.1) is 10.6 Å². The lowest BCUT2D eigenvalue weighted by atomic mass is 10.1. The first-order valence-electron chi connectivity index (χ1n) is 6.21. The van der Waals surface area contributed by atoms with E-state index in [-0.39, 0.29) is 10.8 Å². The van der Waals surface area contributed by atoms with E-state index in [9.17, 15) is 4.39 Å². The van der Waals surface area contributed by atoms with Crippen molar-refractivity contribution < 1.29 is 8.91 Å². The molecule has 0 atom stereocenters. The Balaban J connectivity index is 2.06. The molecule has 0 aliphatic carbocycles. The molecule has 21 heavy (non-hydrogen) atoms. The van der Waals surface area contributed by atoms with E-state index in [2.05, 4.69) is 10.1 Å². The van der Waals surface area contributed by atoms with Gasteiger partial charge in [-0.15, -0.1) is 0 Å². The molecule has 0 fully saturated rings. The number of rotatable bonds is 2. The number of anilines is 1. The summed E-state index contributed by atoms with van der Waals surface area (Å²) in [5, 5.41) is 4.10. The lowest BCUT2D eigenvalue weighted by Crippen LogP contribution is -1.93. The van der Waals surface area contributed by atoms with Gasteiger partial charge in [0.2, 0.25) is 5.82 Å². The summed E-state index contributed by atoms with van der Waals surface area (Å²) in [6, 6.07) is 9.55. The molecule has 106 valence electrons. The molecule has 4 nitrogen and oxygen atoms in total. The van der Waals surface area contributed by atoms with Crippen LogP contribution in [0.2, 0.25) is 5.02 Å². The second kappa shape index (κ2) is 5.18. The summed E-state index contributed by atoms with van der Waals surface area (Å²) in [5.74, 6) is 0.165. The largest absolute Gasteiger partial charge is 0.398 e. The zero-order chi connectivity index (χ0) is 15.0. The average Bonchev–Trinajstić information content (AvgIpc) is 2.91. The maximum Gasteiger partial charge on any atom is 0.260 e. The van der Waals surface area contributed by atoms with Gasteiger partial charge in [0.25, 0.3) is 5.89 Å². The van der Waals surface area contributed by atoms with Crippen LogP contribution in [-0.4, -0.2) is 10.1 Å². The van der Waals surface area contributed by atoms with Crippen LogP contribution in [-0.2, 0) is 0 Å². The molecule has 0 saturated heterocycles. The fourth-order valence-electron chi connectivity index (χ4n) is 1.98. The van der Waals surface area contributed by atoms with Crippen molar-refractivity contribution in [1.29, 1.82) is 0 Å². The maximum atomic E-state index is 13.1. The summed E-state index contributed by atoms with van der Waals surface area (Å²) in [4.78, 5) is 4.28. The Morgan fingerprint density at radius 3 is 2.76 bits per heavy atom. The molecule has 0 bridgehead atoms. The molecule has 3 aromatic rings. The normalized spacial score (nSPS) is 10.8. The smallest absolute Gasteiger partial charge is 0.260 e. The van der Waals surface area contributed by atoms with Gasteiger partial charge in [-0.05, 0) is 36.8 Å². The minimum absolute atomic E-state index is 0.222. The molecule has 0 unspecified atom stereocenters. The number of halogens is 2. The Morgan fingerprint density at radius 2 is 2.00 bits per heavy atom. The van der Waals surface area contributed by atoms with Crippen molar-refractivity contribution in [3.63, 3.8) is 0 Å². The molecule has 2 aromatic carbocycles. The van der Waals surface area contributed by atoms with Gasteiger partial charge in [0.15, 0.2) is 0 Å². The molecule has 0 saturated carbocycles. The Labute approximate surface area is 125 Å². The summed E-state index contributed by atoms with van der Waals surface area (Å²) in [5.41, 5.74) is 8.67. The third kappa shape index (κ3) is 2.48. The quantitative estimate of drug-likeness (QED) is 0.724. The molecule has 6 heteroatoms. The van der Waals surface area contributed by atoms with Crippen LogP contribution >= 0.6 is 11.6 Å². The second-order valence-electron chi connectivity index (χ2n) is 4.58. The minimum Gasteiger partial charge on any atom is -0.398 e. The van der Waals surface area contributed by atoms with Crippen LogP contribution in [0.1, 0.15) is 5.56 Å². The zero-order valence-electron chi connectivity index (χ0n) is 11.1. The van der Waals surface area contributed by atoms with Gasteiger partial charge >= 0.3 is 0 Å². The number of nitrogens with two attached hydrogens (primary N) is 1. The number of aryl methyl sites for hydroxylation is 1. The van der Waals surface area contributed by atoms with E-state index in [1.807, 2.05) is 19.1 Å². The fourth-order valence-corrected chi connectivity index (χ4v) is 2.23. The van der Waals surface area contributed by atoms with Crippen LogP contribution in [0.15, 0.2) is 40.9 Å². The van der Waals surface area contributed by atoms with Gasteiger partial charge in [-0.2, -0.15) is 4.98 Å². The molecule has 0 amide bonds. The van der Waals surface area contributed by atoms with Crippen LogP contribution in [0, 0.1) is 12.7 Å². The number of para-hydroxylation sites is 1. The van der Waals surface area contributed by atoms with Gasteiger partial charge in [0, 0.05) is 11.3 Å². The standard InChI is InChI=1S/C15H11ClFN3O/c1-8-3-2-4-11(13(8)18)15-19-14(20-21-15)10-6-5-9(17)7-12(10)16/h2-7H,18H2,1H3. The molecule has 0 aliphatic heterocycles. The molecule has 3 rings (SSSR count). The van der Waals surface area contributed by atoms with Gasteiger partial charge in [-0.3, -0.25) is 0 Å². The Kier molecular flexibility index (Phi) is 3.35. The monoisotopic (exact) mass is 303 g/mol. The molecule has 0 aliphatic rings. The van der Waals surface area contributed by atoms with Gasteiger partial charge in [0.1, 0.15) is 5.82 Å². The average molecular weight is 304 g/mol. The van der Waals surface area contributed by atoms with E-state index in [1.165, 1.54) is 18.2 Å². The minimum atomic E-state index is -0.421. The first kappa shape index (κ1) is 13.6. The Morgan fingerprint density at radius 1 is 1.19 bits per heavy atom. The number of nitrogens with zero attached hydrogens (tertiary/aromatic N) is 2. The van der Waals surface area contributed by atoms with Crippen molar-refractivity contribution in [2.45, 2.75) is 6.92 Å². The van der Waals surface area contributed by atoms with Crippen LogP contribution in [0.4, 0.5) is 10.1 Å². The highest BCUT2D eigenvalue weighted by Gasteiger charge is 2.15. The van der Waals surface area contributed by atoms with E-state index < -0.39 is 5.82 Å². The lowest BCUT2D eigenvalue weighted by Gasteiger charge is -2.03. The van der Waals surface area contributed by atoms with E-state index in [4.69, 9.17) is 21.9 Å². The topological polar surface area (TPSA) is 64.9 Å². The first-order chi connectivity index (χ1) is 10.1. The van der Waals surface area contributed by atoms with E-state index in [0.29, 0.717) is 22.7 Å². The number of nitrogen functional groups attached to an aromatic ring is 1. The molecule has 1 heterocycles. The lowest BCUT2D eigenvalue weighted by molar-refractivity contribution is 0.432. The van der Waals surface area contributed by atoms with E-state index in [0.717, 1.165) is 5.56 Å². The number of hydrogen-bond donors (Lipinski definition) is 1. The van der Waals surface area contributed by atoms with E-state index >= 15 is 0 Å². The molecule has 2 N–H and O–H groups in total. The summed E-state index contributed by atoms with van der Waals surface area (Å²) < 4.78 is 18.3. The third-order valence-electron chi connectivity index (χ3n) is 3.15. The maximum absolute atomic E-state index is 13.1. The van der Waals surface area contributed by atoms with Gasteiger partial charge in [-0.1, -0.05) is 28.9 Å². The highest BCUT2D eigenvalue weighted by atomic mass is 35.5. The molecule has 0 spiro atoms. The molecular weight excluding hydrogens is 293 g/mol. The summed E-state index contributed by atoms with van der Waals surface area (Å²) in [7, 11) is 0. The SMILES string of the molecule is Cc1cccc(-c2nc(-c3ccc(F)cc3Cl)no2)c1N. The van der Waals surface area contributed by atoms with Crippen LogP contribution in [0.25, 0.3) is 22.8 Å². The van der Waals surface area contributed by atoms with Crippen LogP contribution < -0.4 is 5.73 Å². The predicted octanol–water partition coefficient (Wildman–Crippen LogP) is 4.09. The van der Waals surface area contributed by atoms with Crippen molar-refractivity contribution in [3.8, 4) is 22.8 Å². The Hall–Kier alpha value is -2.40. The number of hydrogen-bond acceptors (Lipinski definition) is 4. The van der Waals surface area contributed by atoms with Crippen molar-refractivity contribution >= 4 is 17.3 Å². The number of aromatic nitrogens is 2. The van der Waals surface area contributed by atoms with Crippen LogP contribution in [0.3, 0.4) is 0 Å². The van der Waals surface area contributed by atoms with Crippen molar-refractivity contribution in [3.05, 3.63) is 52.8 Å². The van der Waals surface area contributed by atoms with Crippen molar-refractivity contribution in [2.75, 3.05) is 5.73 Å². The second-order valence-corrected chi connectivity index (χ2v) is 4.99. The predicted molar refractivity (Wildman–Crippen MR) is 79.3 cm³/mol. The molecular formula is C15H11ClFN3O. The molecule has 1 aromatic heterocycles. The highest BCUT2D eigenvalue weighted by Crippen LogP contribution is 2.31. The highest BCUT2D eigenvalue weighted by molar-refractivity contribution is 6.33. The summed E-state index contributed by atoms with van der Waals surface area (Å²) >= 11 is 5.99. The third-order valence-corrected chi connectivity index (χ3v) is 3.47. The summed E-state index contributed by atoms with van der Waals surface area (Å²) in [6.07, 6.45) is 0. The molecule has 0 radical (unpaired) electrons. The number of benzene rings is 2. The van der Waals surface area contributed by atoms with Gasteiger partial charge < -0.3 is 10.3 Å². The fraction of sp³-hybridized carbons (Fsp3) is 0.0667.